The number of fused-ring (bicyclic) bond motifs is 3. The molecule has 1 aromatic rings. The molecule has 1 spiro atoms. The van der Waals surface area contributed by atoms with Crippen LogP contribution in [-0.4, -0.2) is 32.1 Å². The van der Waals surface area contributed by atoms with Gasteiger partial charge < -0.3 is 14.0 Å². The van der Waals surface area contributed by atoms with Crippen LogP contribution in [0, 0.1) is 22.7 Å². The average molecular weight is 450 g/mol. The molecule has 4 aliphatic rings. The predicted octanol–water partition coefficient (Wildman–Crippen LogP) is 3.06. The molecule has 0 heterocycles. The lowest BCUT2D eigenvalue weighted by molar-refractivity contribution is -0.117. The second kappa shape index (κ2) is 6.85. The van der Waals surface area contributed by atoms with Crippen molar-refractivity contribution in [1.29, 1.82) is 0 Å². The van der Waals surface area contributed by atoms with Crippen LogP contribution < -0.4 is 13.6 Å². The van der Waals surface area contributed by atoms with Gasteiger partial charge in [-0.2, -0.15) is 8.42 Å². The Morgan fingerprint density at radius 3 is 2.77 bits per heavy atom. The van der Waals surface area contributed by atoms with E-state index in [1.54, 1.807) is 6.07 Å². The fourth-order valence-electron chi connectivity index (χ4n) is 7.44. The number of aliphatic hydroxyl groups is 1. The van der Waals surface area contributed by atoms with Crippen molar-refractivity contribution in [2.24, 2.45) is 22.7 Å². The van der Waals surface area contributed by atoms with E-state index in [4.69, 9.17) is 8.92 Å². The highest BCUT2D eigenvalue weighted by Crippen LogP contribution is 2.81. The summed E-state index contributed by atoms with van der Waals surface area (Å²) in [6, 6.07) is 3.73. The number of carbonyl (C=O) groups is 1. The summed E-state index contributed by atoms with van der Waals surface area (Å²) in [5.74, 6) is 1.38. The Hall–Kier alpha value is -1.80. The van der Waals surface area contributed by atoms with Crippen LogP contribution >= 0.6 is 0 Å². The van der Waals surface area contributed by atoms with Gasteiger partial charge in [0, 0.05) is 6.92 Å². The molecule has 2 N–H and O–H groups in total. The molecule has 5 rings (SSSR count). The first-order valence-electron chi connectivity index (χ1n) is 11.3. The molecule has 170 valence electrons. The molecule has 0 bridgehead atoms. The van der Waals surface area contributed by atoms with Crippen LogP contribution in [0.15, 0.2) is 12.1 Å². The Kier molecular flexibility index (Phi) is 4.65. The number of aryl methyl sites for hydroxylation is 1. The highest BCUT2D eigenvalue weighted by molar-refractivity contribution is 7.85. The van der Waals surface area contributed by atoms with Crippen LogP contribution in [0.5, 0.6) is 11.5 Å². The van der Waals surface area contributed by atoms with Crippen molar-refractivity contribution in [2.75, 3.05) is 6.61 Å². The third kappa shape index (κ3) is 3.01. The van der Waals surface area contributed by atoms with E-state index >= 15 is 0 Å². The maximum Gasteiger partial charge on any atom is 0.409 e. The molecule has 8 heteroatoms. The molecule has 31 heavy (non-hydrogen) atoms. The van der Waals surface area contributed by atoms with Gasteiger partial charge in [-0.25, -0.2) is 4.72 Å². The summed E-state index contributed by atoms with van der Waals surface area (Å²) in [4.78, 5) is 11.2. The van der Waals surface area contributed by atoms with E-state index in [9.17, 15) is 18.3 Å². The summed E-state index contributed by atoms with van der Waals surface area (Å²) < 4.78 is 37.1. The van der Waals surface area contributed by atoms with E-state index in [2.05, 4.69) is 6.92 Å². The molecule has 4 aliphatic carbocycles. The van der Waals surface area contributed by atoms with Gasteiger partial charge in [0.15, 0.2) is 11.5 Å². The lowest BCUT2D eigenvalue weighted by atomic mass is 9.52. The molecule has 0 aromatic heterocycles. The summed E-state index contributed by atoms with van der Waals surface area (Å²) in [6.45, 7) is 5.64. The second-order valence-corrected chi connectivity index (χ2v) is 11.3. The maximum absolute atomic E-state index is 12.2. The van der Waals surface area contributed by atoms with Crippen LogP contribution in [0.2, 0.25) is 0 Å². The molecular weight excluding hydrogens is 418 g/mol. The van der Waals surface area contributed by atoms with E-state index in [-0.39, 0.29) is 22.7 Å². The van der Waals surface area contributed by atoms with Gasteiger partial charge in [0.1, 0.15) is 0 Å². The SMILES string of the molecule is CCOc1cc2c(cc1OS(=O)(=O)NC(C)=O)CCC1C2CC[C@]2(C)[C@H](O)CC3CC312. The molecule has 1 amide bonds. The Bertz CT molecular complexity index is 1040. The zero-order valence-corrected chi connectivity index (χ0v) is 19.1. The van der Waals surface area contributed by atoms with Gasteiger partial charge in [-0.3, -0.25) is 4.79 Å². The summed E-state index contributed by atoms with van der Waals surface area (Å²) in [5.41, 5.74) is 2.60. The van der Waals surface area contributed by atoms with Crippen LogP contribution in [0.1, 0.15) is 69.9 Å². The third-order valence-corrected chi connectivity index (χ3v) is 9.62. The molecule has 4 unspecified atom stereocenters. The van der Waals surface area contributed by atoms with E-state index in [0.717, 1.165) is 44.6 Å². The normalized spacial score (nSPS) is 37.7. The van der Waals surface area contributed by atoms with Crippen molar-refractivity contribution in [3.05, 3.63) is 23.3 Å². The van der Waals surface area contributed by atoms with Crippen molar-refractivity contribution in [1.82, 2.24) is 4.72 Å². The molecule has 0 radical (unpaired) electrons. The van der Waals surface area contributed by atoms with Gasteiger partial charge in [0.05, 0.1) is 12.7 Å². The van der Waals surface area contributed by atoms with Gasteiger partial charge in [0.2, 0.25) is 5.91 Å². The van der Waals surface area contributed by atoms with Crippen molar-refractivity contribution < 1.29 is 27.2 Å². The van der Waals surface area contributed by atoms with E-state index in [1.807, 2.05) is 17.7 Å². The van der Waals surface area contributed by atoms with Crippen LogP contribution in [0.25, 0.3) is 0 Å². The van der Waals surface area contributed by atoms with Crippen molar-refractivity contribution >= 4 is 16.2 Å². The Morgan fingerprint density at radius 1 is 1.29 bits per heavy atom. The topological polar surface area (TPSA) is 102 Å². The van der Waals surface area contributed by atoms with Crippen molar-refractivity contribution in [3.8, 4) is 11.5 Å². The smallest absolute Gasteiger partial charge is 0.409 e. The summed E-state index contributed by atoms with van der Waals surface area (Å²) in [5, 5.41) is 10.8. The minimum atomic E-state index is -4.26. The highest BCUT2D eigenvalue weighted by atomic mass is 32.2. The third-order valence-electron chi connectivity index (χ3n) is 8.68. The summed E-state index contributed by atoms with van der Waals surface area (Å²) >= 11 is 0. The van der Waals surface area contributed by atoms with Crippen LogP contribution in [0.4, 0.5) is 0 Å². The van der Waals surface area contributed by atoms with E-state index in [0.29, 0.717) is 30.1 Å². The fourth-order valence-corrected chi connectivity index (χ4v) is 8.20. The average Bonchev–Trinajstić information content (AvgIpc) is 3.33. The molecule has 0 aliphatic heterocycles. The number of aliphatic hydroxyl groups excluding tert-OH is 1. The first-order chi connectivity index (χ1) is 14.6. The zero-order valence-electron chi connectivity index (χ0n) is 18.3. The maximum atomic E-state index is 12.2. The van der Waals surface area contributed by atoms with E-state index < -0.39 is 16.2 Å². The number of ether oxygens (including phenoxy) is 1. The Morgan fingerprint density at radius 2 is 2.06 bits per heavy atom. The quantitative estimate of drug-likeness (QED) is 0.716. The van der Waals surface area contributed by atoms with Crippen molar-refractivity contribution in [2.45, 2.75) is 71.3 Å². The van der Waals surface area contributed by atoms with Crippen LogP contribution in [-0.2, 0) is 21.5 Å². The minimum absolute atomic E-state index is 0.0224. The number of benzene rings is 1. The number of rotatable bonds is 5. The van der Waals surface area contributed by atoms with Crippen molar-refractivity contribution in [3.63, 3.8) is 0 Å². The van der Waals surface area contributed by atoms with Crippen LogP contribution in [0.3, 0.4) is 0 Å². The number of hydrogen-bond donors (Lipinski definition) is 2. The monoisotopic (exact) mass is 449 g/mol. The molecule has 3 saturated carbocycles. The Balaban J connectivity index is 1.50. The molecule has 6 atom stereocenters. The molecule has 7 nitrogen and oxygen atoms in total. The standard InChI is InChI=1S/C23H31NO6S/c1-4-29-19-11-17-14(9-20(19)30-31(27,28)24-13(2)25)5-6-18-16(17)7-8-22(3)21(26)10-15-12-23(15,18)22/h9,11,15-16,18,21,26H,4-8,10,12H2,1-3H3,(H,24,25)/t15?,16?,18?,21-,22-,23?/m1/s1. The van der Waals surface area contributed by atoms with Gasteiger partial charge in [-0.15, -0.1) is 0 Å². The molecular formula is C23H31NO6S. The van der Waals surface area contributed by atoms with Gasteiger partial charge in [-0.05, 0) is 97.3 Å². The molecule has 1 aromatic carbocycles. The van der Waals surface area contributed by atoms with Gasteiger partial charge >= 0.3 is 10.3 Å². The lowest BCUT2D eigenvalue weighted by Crippen LogP contribution is -2.47. The largest absolute Gasteiger partial charge is 0.490 e. The van der Waals surface area contributed by atoms with Gasteiger partial charge in [0.25, 0.3) is 0 Å². The number of amides is 1. The predicted molar refractivity (Wildman–Crippen MR) is 114 cm³/mol. The number of nitrogens with one attached hydrogen (secondary N) is 1. The van der Waals surface area contributed by atoms with E-state index in [1.165, 1.54) is 12.0 Å². The Labute approximate surface area is 183 Å². The number of carbonyl (C=O) groups excluding carboxylic acids is 1. The second-order valence-electron chi connectivity index (χ2n) is 10.0. The van der Waals surface area contributed by atoms with Gasteiger partial charge in [-0.1, -0.05) is 6.92 Å². The summed E-state index contributed by atoms with van der Waals surface area (Å²) in [6.07, 6.45) is 5.90. The number of hydrogen-bond acceptors (Lipinski definition) is 6. The first-order valence-corrected chi connectivity index (χ1v) is 12.7. The zero-order chi connectivity index (χ0) is 22.2. The summed E-state index contributed by atoms with van der Waals surface area (Å²) in [7, 11) is -4.26. The minimum Gasteiger partial charge on any atom is -0.490 e. The lowest BCUT2D eigenvalue weighted by Gasteiger charge is -2.52. The first kappa shape index (κ1) is 21.1. The highest BCUT2D eigenvalue weighted by Gasteiger charge is 2.76. The fraction of sp³-hybridized carbons (Fsp3) is 0.696. The molecule has 0 saturated heterocycles. The molecule has 3 fully saturated rings.